The molecule has 0 unspecified atom stereocenters. The number of allylic oxidation sites excluding steroid dienone is 1. The summed E-state index contributed by atoms with van der Waals surface area (Å²) < 4.78 is 0. The molecule has 32 heavy (non-hydrogen) atoms. The van der Waals surface area contributed by atoms with Gasteiger partial charge in [0.2, 0.25) is 0 Å². The summed E-state index contributed by atoms with van der Waals surface area (Å²) in [5.41, 5.74) is 0.504. The second-order valence-corrected chi connectivity index (χ2v) is 8.77. The fraction of sp³-hybridized carbons (Fsp3) is 0.238. The van der Waals surface area contributed by atoms with E-state index in [1.807, 2.05) is 0 Å². The fourth-order valence-electron chi connectivity index (χ4n) is 4.48. The van der Waals surface area contributed by atoms with Crippen LogP contribution in [0, 0.1) is 5.92 Å². The van der Waals surface area contributed by atoms with Crippen molar-refractivity contribution in [1.82, 2.24) is 14.8 Å². The van der Waals surface area contributed by atoms with Gasteiger partial charge in [0.1, 0.15) is 17.5 Å². The number of carbonyl (C=O) groups excluding carboxylic acids is 2. The van der Waals surface area contributed by atoms with Crippen LogP contribution in [0.3, 0.4) is 0 Å². The molecule has 2 aromatic rings. The zero-order chi connectivity index (χ0) is 21.7. The number of amides is 3. The van der Waals surface area contributed by atoms with E-state index in [-0.39, 0.29) is 58.9 Å². The molecule has 0 saturated carbocycles. The molecular formula is C21H19N4NaO5S. The summed E-state index contributed by atoms with van der Waals surface area (Å²) in [4.78, 5) is 46.1. The molecule has 11 heteroatoms. The average Bonchev–Trinajstić information content (AvgIpc) is 3.12. The van der Waals surface area contributed by atoms with Gasteiger partial charge < -0.3 is 20.4 Å². The number of hydrogen-bond acceptors (Lipinski definition) is 6. The van der Waals surface area contributed by atoms with Crippen LogP contribution in [0.4, 0.5) is 10.5 Å². The third-order valence-electron chi connectivity index (χ3n) is 5.79. The topological polar surface area (TPSA) is 123 Å². The number of carboxylic acid groups (broad SMARTS) is 1. The molecule has 3 aliphatic rings. The first-order valence-electron chi connectivity index (χ1n) is 9.68. The van der Waals surface area contributed by atoms with Crippen molar-refractivity contribution in [3.8, 4) is 5.75 Å². The number of urea groups is 1. The SMILES string of the molecule is O=C(O)C1=C(Sc2ccncc2)C[C@@H]2CN(C(=O)Nc3ccc(O)cc3)[C@@H]3C(=O)N1[C@H]23.[NaH]. The van der Waals surface area contributed by atoms with Crippen LogP contribution in [0.15, 0.2) is 64.3 Å². The summed E-state index contributed by atoms with van der Waals surface area (Å²) in [5, 5.41) is 22.0. The van der Waals surface area contributed by atoms with Gasteiger partial charge in [0.05, 0.1) is 6.04 Å². The predicted molar refractivity (Wildman–Crippen MR) is 118 cm³/mol. The molecule has 2 saturated heterocycles. The van der Waals surface area contributed by atoms with Crippen LogP contribution in [0.2, 0.25) is 0 Å². The van der Waals surface area contributed by atoms with Gasteiger partial charge in [-0.3, -0.25) is 14.7 Å². The number of benzene rings is 1. The van der Waals surface area contributed by atoms with Gasteiger partial charge in [-0.1, -0.05) is 11.8 Å². The van der Waals surface area contributed by atoms with E-state index < -0.39 is 18.0 Å². The van der Waals surface area contributed by atoms with Gasteiger partial charge in [-0.05, 0) is 42.8 Å². The minimum absolute atomic E-state index is 0. The number of aliphatic carboxylic acids is 1. The zero-order valence-corrected chi connectivity index (χ0v) is 17.0. The summed E-state index contributed by atoms with van der Waals surface area (Å²) >= 11 is 1.32. The standard InChI is InChI=1S/C21H18N4O5S.Na.H/c26-13-3-1-12(2-4-13)23-21(30)24-10-11-9-15(31-14-5-7-22-8-6-14)17(20(28)29)25-16(11)18(24)19(25)27;;/h1-8,11,16,18,26H,9-10H2,(H,23,30)(H,28,29);;/t11-,16-,18+;;/m1../s1. The number of thioether (sulfide) groups is 1. The predicted octanol–water partition coefficient (Wildman–Crippen LogP) is 1.67. The Labute approximate surface area is 209 Å². The summed E-state index contributed by atoms with van der Waals surface area (Å²) in [6, 6.07) is 8.22. The molecule has 0 aliphatic carbocycles. The van der Waals surface area contributed by atoms with Crippen LogP contribution in [0.25, 0.3) is 0 Å². The fourth-order valence-corrected chi connectivity index (χ4v) is 5.60. The third-order valence-corrected chi connectivity index (χ3v) is 6.90. The Balaban J connectivity index is 0.00000245. The van der Waals surface area contributed by atoms with E-state index in [2.05, 4.69) is 10.3 Å². The summed E-state index contributed by atoms with van der Waals surface area (Å²) in [7, 11) is 0. The number of rotatable bonds is 4. The second-order valence-electron chi connectivity index (χ2n) is 7.60. The first-order chi connectivity index (χ1) is 14.9. The number of anilines is 1. The minimum atomic E-state index is -1.14. The monoisotopic (exact) mass is 462 g/mol. The van der Waals surface area contributed by atoms with E-state index in [4.69, 9.17) is 0 Å². The third kappa shape index (κ3) is 3.77. The Morgan fingerprint density at radius 3 is 2.47 bits per heavy atom. The van der Waals surface area contributed by atoms with Crippen molar-refractivity contribution in [2.24, 2.45) is 5.92 Å². The van der Waals surface area contributed by atoms with Crippen LogP contribution in [0.5, 0.6) is 5.75 Å². The Bertz CT molecular complexity index is 1110. The van der Waals surface area contributed by atoms with E-state index in [0.29, 0.717) is 23.6 Å². The summed E-state index contributed by atoms with van der Waals surface area (Å²) in [6.45, 7) is 0.356. The summed E-state index contributed by atoms with van der Waals surface area (Å²) in [6.07, 6.45) is 3.73. The number of phenolic OH excluding ortho intramolecular Hbond substituents is 1. The average molecular weight is 462 g/mol. The van der Waals surface area contributed by atoms with Crippen LogP contribution < -0.4 is 5.32 Å². The van der Waals surface area contributed by atoms with Crippen molar-refractivity contribution >= 4 is 64.9 Å². The number of phenols is 1. The van der Waals surface area contributed by atoms with Crippen molar-refractivity contribution in [1.29, 1.82) is 0 Å². The van der Waals surface area contributed by atoms with Crippen LogP contribution in [0.1, 0.15) is 6.42 Å². The van der Waals surface area contributed by atoms with Crippen LogP contribution in [-0.2, 0) is 9.59 Å². The molecule has 3 aliphatic heterocycles. The van der Waals surface area contributed by atoms with E-state index >= 15 is 0 Å². The molecule has 3 atom stereocenters. The van der Waals surface area contributed by atoms with Crippen molar-refractivity contribution < 1.29 is 24.6 Å². The Morgan fingerprint density at radius 2 is 1.81 bits per heavy atom. The van der Waals surface area contributed by atoms with Gasteiger partial charge in [-0.2, -0.15) is 0 Å². The molecule has 1 aromatic heterocycles. The maximum atomic E-state index is 12.9. The van der Waals surface area contributed by atoms with Crippen LogP contribution in [-0.4, -0.2) is 91.1 Å². The molecule has 5 rings (SSSR count). The number of carboxylic acids is 1. The Hall–Kier alpha value is -2.53. The normalized spacial score (nSPS) is 23.2. The van der Waals surface area contributed by atoms with Crippen molar-refractivity contribution in [2.75, 3.05) is 11.9 Å². The molecule has 1 aromatic carbocycles. The van der Waals surface area contributed by atoms with E-state index in [1.165, 1.54) is 33.7 Å². The van der Waals surface area contributed by atoms with Gasteiger partial charge in [-0.25, -0.2) is 9.59 Å². The number of hydrogen-bond donors (Lipinski definition) is 3. The number of pyridine rings is 1. The summed E-state index contributed by atoms with van der Waals surface area (Å²) in [5.74, 6) is -1.48. The van der Waals surface area contributed by atoms with Gasteiger partial charge in [0.25, 0.3) is 5.91 Å². The van der Waals surface area contributed by atoms with E-state index in [9.17, 15) is 24.6 Å². The quantitative estimate of drug-likeness (QED) is 0.359. The first kappa shape index (κ1) is 22.7. The van der Waals surface area contributed by atoms with Gasteiger partial charge in [0, 0.05) is 40.3 Å². The molecule has 0 radical (unpaired) electrons. The van der Waals surface area contributed by atoms with Crippen molar-refractivity contribution in [2.45, 2.75) is 23.4 Å². The molecule has 4 heterocycles. The molecule has 0 bridgehead atoms. The number of likely N-dealkylation sites (tertiary alicyclic amines) is 1. The number of aromatic nitrogens is 1. The number of aromatic hydroxyl groups is 1. The second kappa shape index (κ2) is 8.78. The maximum absolute atomic E-state index is 12.9. The molecule has 0 spiro atoms. The number of nitrogens with zero attached hydrogens (tertiary/aromatic N) is 3. The van der Waals surface area contributed by atoms with Crippen molar-refractivity contribution in [3.05, 3.63) is 59.4 Å². The van der Waals surface area contributed by atoms with Gasteiger partial charge in [0.15, 0.2) is 0 Å². The van der Waals surface area contributed by atoms with E-state index in [1.54, 1.807) is 36.7 Å². The van der Waals surface area contributed by atoms with Gasteiger partial charge in [-0.15, -0.1) is 0 Å². The molecule has 3 amide bonds. The van der Waals surface area contributed by atoms with E-state index in [0.717, 1.165) is 4.90 Å². The van der Waals surface area contributed by atoms with Crippen LogP contribution >= 0.6 is 11.8 Å². The molecule has 160 valence electrons. The molecule has 3 N–H and O–H groups in total. The zero-order valence-electron chi connectivity index (χ0n) is 16.1. The van der Waals surface area contributed by atoms with Crippen molar-refractivity contribution in [3.63, 3.8) is 0 Å². The number of carbonyl (C=O) groups is 3. The first-order valence-corrected chi connectivity index (χ1v) is 10.5. The molecule has 2 fully saturated rings. The molecule has 9 nitrogen and oxygen atoms in total. The Morgan fingerprint density at radius 1 is 1.12 bits per heavy atom. The number of β-lactam (4-membered cyclic amide) rings is 1. The number of nitrogens with one attached hydrogen (secondary N) is 1. The molecular weight excluding hydrogens is 443 g/mol. The van der Waals surface area contributed by atoms with Gasteiger partial charge >= 0.3 is 41.6 Å². The Kier molecular flexibility index (Phi) is 6.22.